The number of aromatic nitrogens is 1. The molecule has 0 unspecified atom stereocenters. The molecule has 170 valence electrons. The number of halogens is 2. The van der Waals surface area contributed by atoms with Gasteiger partial charge in [-0.25, -0.2) is 17.5 Å². The minimum absolute atomic E-state index is 0.0954. The summed E-state index contributed by atoms with van der Waals surface area (Å²) in [6.07, 6.45) is 3.28. The van der Waals surface area contributed by atoms with Crippen LogP contribution < -0.4 is 15.4 Å². The van der Waals surface area contributed by atoms with E-state index in [-0.39, 0.29) is 12.3 Å². The van der Waals surface area contributed by atoms with Crippen LogP contribution in [0.5, 0.6) is 0 Å². The summed E-state index contributed by atoms with van der Waals surface area (Å²) in [4.78, 5) is 16.7. The summed E-state index contributed by atoms with van der Waals surface area (Å²) in [6, 6.07) is 12.0. The summed E-state index contributed by atoms with van der Waals surface area (Å²) in [5.41, 5.74) is 2.23. The van der Waals surface area contributed by atoms with Crippen LogP contribution >= 0.6 is 11.6 Å². The fourth-order valence-corrected chi connectivity index (χ4v) is 4.16. The first-order chi connectivity index (χ1) is 15.2. The molecule has 0 aliphatic heterocycles. The summed E-state index contributed by atoms with van der Waals surface area (Å²) < 4.78 is 39.0. The monoisotopic (exact) mass is 478 g/mol. The van der Waals surface area contributed by atoms with Crippen LogP contribution in [0.3, 0.4) is 0 Å². The summed E-state index contributed by atoms with van der Waals surface area (Å²) in [6.45, 7) is 1.03. The molecule has 32 heavy (non-hydrogen) atoms. The predicted molar refractivity (Wildman–Crippen MR) is 125 cm³/mol. The number of nitrogens with one attached hydrogen (secondary N) is 3. The first-order valence-electron chi connectivity index (χ1n) is 9.99. The molecule has 7 nitrogen and oxygen atoms in total. The van der Waals surface area contributed by atoms with Crippen molar-refractivity contribution >= 4 is 44.1 Å². The molecule has 0 saturated carbocycles. The van der Waals surface area contributed by atoms with Crippen LogP contribution in [0.1, 0.15) is 24.4 Å². The van der Waals surface area contributed by atoms with Crippen molar-refractivity contribution in [3.05, 3.63) is 71.1 Å². The molecule has 1 heterocycles. The number of benzene rings is 2. The van der Waals surface area contributed by atoms with E-state index >= 15 is 0 Å². The molecule has 3 aromatic rings. The molecule has 0 aliphatic rings. The highest BCUT2D eigenvalue weighted by molar-refractivity contribution is 7.88. The third-order valence-corrected chi connectivity index (χ3v) is 5.66. The van der Waals surface area contributed by atoms with Crippen molar-refractivity contribution in [3.8, 4) is 0 Å². The molecule has 3 rings (SSSR count). The Kier molecular flexibility index (Phi) is 8.00. The van der Waals surface area contributed by atoms with Gasteiger partial charge in [0.25, 0.3) is 0 Å². The number of sulfonamides is 1. The highest BCUT2D eigenvalue weighted by Crippen LogP contribution is 2.24. The molecule has 10 heteroatoms. The average Bonchev–Trinajstić information content (AvgIpc) is 2.72. The van der Waals surface area contributed by atoms with Crippen LogP contribution in [0, 0.1) is 5.82 Å². The van der Waals surface area contributed by atoms with E-state index in [0.29, 0.717) is 30.1 Å². The zero-order valence-corrected chi connectivity index (χ0v) is 19.0. The summed E-state index contributed by atoms with van der Waals surface area (Å²) in [5.74, 6) is -0.742. The summed E-state index contributed by atoms with van der Waals surface area (Å²) in [7, 11) is -3.55. The van der Waals surface area contributed by atoms with Crippen molar-refractivity contribution in [2.45, 2.75) is 18.9 Å². The zero-order valence-electron chi connectivity index (χ0n) is 17.4. The lowest BCUT2D eigenvalue weighted by Crippen LogP contribution is -2.33. The minimum Gasteiger partial charge on any atom is -0.384 e. The number of hydrogen-bond acceptors (Lipinski definition) is 5. The van der Waals surface area contributed by atoms with Crippen molar-refractivity contribution < 1.29 is 17.6 Å². The fraction of sp³-hybridized carbons (Fsp3) is 0.273. The van der Waals surface area contributed by atoms with E-state index in [2.05, 4.69) is 20.3 Å². The van der Waals surface area contributed by atoms with Gasteiger partial charge in [0, 0.05) is 41.8 Å². The van der Waals surface area contributed by atoms with Gasteiger partial charge in [0.05, 0.1) is 17.8 Å². The van der Waals surface area contributed by atoms with Gasteiger partial charge in [-0.3, -0.25) is 9.78 Å². The van der Waals surface area contributed by atoms with Gasteiger partial charge in [-0.2, -0.15) is 0 Å². The van der Waals surface area contributed by atoms with Gasteiger partial charge >= 0.3 is 0 Å². The number of amides is 1. The van der Waals surface area contributed by atoms with Crippen molar-refractivity contribution in [1.82, 2.24) is 15.0 Å². The molecular formula is C22H24ClFN4O3S. The van der Waals surface area contributed by atoms with E-state index in [1.165, 1.54) is 24.3 Å². The van der Waals surface area contributed by atoms with E-state index in [1.54, 1.807) is 18.3 Å². The van der Waals surface area contributed by atoms with Crippen molar-refractivity contribution in [1.29, 1.82) is 0 Å². The number of rotatable bonds is 10. The van der Waals surface area contributed by atoms with E-state index in [4.69, 9.17) is 11.6 Å². The van der Waals surface area contributed by atoms with Crippen LogP contribution in [0.25, 0.3) is 10.9 Å². The number of carbonyl (C=O) groups is 1. The van der Waals surface area contributed by atoms with Crippen LogP contribution in [0.4, 0.5) is 10.1 Å². The minimum atomic E-state index is -3.55. The Morgan fingerprint density at radius 3 is 2.59 bits per heavy atom. The van der Waals surface area contributed by atoms with Crippen molar-refractivity contribution in [2.75, 3.05) is 24.7 Å². The Hall–Kier alpha value is -2.75. The maximum atomic E-state index is 13.2. The lowest BCUT2D eigenvalue weighted by atomic mass is 10.0. The van der Waals surface area contributed by atoms with Crippen LogP contribution in [0.2, 0.25) is 5.02 Å². The SMILES string of the molecule is CS(=O)(=O)N[C@H](CC(=O)NCCCNc1ccnc2cc(Cl)ccc12)c1ccc(F)cc1. The standard InChI is InChI=1S/C22H24ClFN4O3S/c1-32(30,31)28-20(15-3-6-17(24)7-4-15)14-22(29)27-11-2-10-25-19-9-12-26-21-13-16(23)5-8-18(19)21/h3-9,12-13,20,28H,2,10-11,14H2,1H3,(H,25,26)(H,27,29)/t20-/m1/s1. The molecule has 1 amide bonds. The van der Waals surface area contributed by atoms with Gasteiger partial charge in [-0.05, 0) is 48.4 Å². The fourth-order valence-electron chi connectivity index (χ4n) is 3.25. The number of pyridine rings is 1. The molecule has 2 aromatic carbocycles. The lowest BCUT2D eigenvalue weighted by molar-refractivity contribution is -0.121. The van der Waals surface area contributed by atoms with Gasteiger partial charge < -0.3 is 10.6 Å². The Bertz CT molecular complexity index is 1190. The second kappa shape index (κ2) is 10.7. The number of nitrogens with zero attached hydrogens (tertiary/aromatic N) is 1. The van der Waals surface area contributed by atoms with Crippen LogP contribution in [-0.4, -0.2) is 38.7 Å². The van der Waals surface area contributed by atoms with E-state index in [0.717, 1.165) is 22.8 Å². The van der Waals surface area contributed by atoms with E-state index in [9.17, 15) is 17.6 Å². The van der Waals surface area contributed by atoms with E-state index in [1.807, 2.05) is 12.1 Å². The number of fused-ring (bicyclic) bond motifs is 1. The second-order valence-electron chi connectivity index (χ2n) is 7.35. The van der Waals surface area contributed by atoms with Gasteiger partial charge in [-0.15, -0.1) is 0 Å². The largest absolute Gasteiger partial charge is 0.384 e. The van der Waals surface area contributed by atoms with Gasteiger partial charge in [0.1, 0.15) is 5.82 Å². The quantitative estimate of drug-likeness (QED) is 0.386. The van der Waals surface area contributed by atoms with Crippen molar-refractivity contribution in [2.24, 2.45) is 0 Å². The van der Waals surface area contributed by atoms with Gasteiger partial charge in [0.2, 0.25) is 15.9 Å². The zero-order chi connectivity index (χ0) is 23.1. The molecule has 0 aliphatic carbocycles. The molecular weight excluding hydrogens is 455 g/mol. The Morgan fingerprint density at radius 1 is 1.12 bits per heavy atom. The molecule has 0 spiro atoms. The number of anilines is 1. The van der Waals surface area contributed by atoms with E-state index < -0.39 is 21.9 Å². The predicted octanol–water partition coefficient (Wildman–Crippen LogP) is 3.63. The second-order valence-corrected chi connectivity index (χ2v) is 9.57. The number of carbonyl (C=O) groups excluding carboxylic acids is 1. The highest BCUT2D eigenvalue weighted by atomic mass is 35.5. The maximum Gasteiger partial charge on any atom is 0.221 e. The third-order valence-electron chi connectivity index (χ3n) is 4.71. The Morgan fingerprint density at radius 2 is 1.88 bits per heavy atom. The summed E-state index contributed by atoms with van der Waals surface area (Å²) in [5, 5.41) is 7.69. The molecule has 0 fully saturated rings. The average molecular weight is 479 g/mol. The van der Waals surface area contributed by atoms with Crippen LogP contribution in [0.15, 0.2) is 54.7 Å². The first-order valence-corrected chi connectivity index (χ1v) is 12.3. The normalized spacial score (nSPS) is 12.5. The molecule has 3 N–H and O–H groups in total. The molecule has 0 radical (unpaired) electrons. The summed E-state index contributed by atoms with van der Waals surface area (Å²) >= 11 is 6.01. The maximum absolute atomic E-state index is 13.2. The van der Waals surface area contributed by atoms with Crippen molar-refractivity contribution in [3.63, 3.8) is 0 Å². The highest BCUT2D eigenvalue weighted by Gasteiger charge is 2.19. The van der Waals surface area contributed by atoms with Gasteiger partial charge in [-0.1, -0.05) is 23.7 Å². The number of hydrogen-bond donors (Lipinski definition) is 3. The van der Waals surface area contributed by atoms with Gasteiger partial charge in [0.15, 0.2) is 0 Å². The first kappa shape index (κ1) is 23.9. The van der Waals surface area contributed by atoms with Crippen LogP contribution in [-0.2, 0) is 14.8 Å². The molecule has 1 aromatic heterocycles. The Balaban J connectivity index is 1.50. The topological polar surface area (TPSA) is 100 Å². The lowest BCUT2D eigenvalue weighted by Gasteiger charge is -2.18. The third kappa shape index (κ3) is 7.15. The molecule has 0 bridgehead atoms. The Labute approximate surface area is 191 Å². The molecule has 1 atom stereocenters. The smallest absolute Gasteiger partial charge is 0.221 e. The molecule has 0 saturated heterocycles.